The molecule has 1 aromatic heterocycles. The first-order valence-corrected chi connectivity index (χ1v) is 7.80. The fourth-order valence-electron chi connectivity index (χ4n) is 2.15. The number of rotatable bonds is 6. The van der Waals surface area contributed by atoms with Crippen LogP contribution in [0.4, 0.5) is 0 Å². The number of aromatic nitrogens is 3. The zero-order valence-electron chi connectivity index (χ0n) is 12.4. The number of aliphatic carboxylic acids is 1. The van der Waals surface area contributed by atoms with Gasteiger partial charge in [0.1, 0.15) is 5.82 Å². The molecular formula is C15H19N3O2S. The van der Waals surface area contributed by atoms with Crippen molar-refractivity contribution in [2.45, 2.75) is 38.4 Å². The molecule has 112 valence electrons. The second kappa shape index (κ2) is 6.76. The maximum atomic E-state index is 10.7. The molecule has 0 aliphatic heterocycles. The predicted octanol–water partition coefficient (Wildman–Crippen LogP) is 2.93. The van der Waals surface area contributed by atoms with Crippen molar-refractivity contribution < 1.29 is 9.90 Å². The van der Waals surface area contributed by atoms with Crippen LogP contribution in [0.1, 0.15) is 36.8 Å². The molecule has 0 bridgehead atoms. The van der Waals surface area contributed by atoms with Crippen LogP contribution in [-0.4, -0.2) is 31.6 Å². The fourth-order valence-corrected chi connectivity index (χ4v) is 2.96. The standard InChI is InChI=1S/C15H19N3O2S/c1-10(2)18-13(8-12-7-5-4-6-11(12)3)16-17-15(18)21-9-14(19)20/h4-7,10H,8-9H2,1-3H3,(H,19,20). The number of carboxylic acids is 1. The predicted molar refractivity (Wildman–Crippen MR) is 82.8 cm³/mol. The van der Waals surface area contributed by atoms with E-state index >= 15 is 0 Å². The van der Waals surface area contributed by atoms with Gasteiger partial charge >= 0.3 is 5.97 Å². The van der Waals surface area contributed by atoms with Gasteiger partial charge in [0, 0.05) is 12.5 Å². The van der Waals surface area contributed by atoms with Crippen LogP contribution in [0.5, 0.6) is 0 Å². The van der Waals surface area contributed by atoms with Gasteiger partial charge in [-0.15, -0.1) is 10.2 Å². The summed E-state index contributed by atoms with van der Waals surface area (Å²) in [4.78, 5) is 10.7. The molecule has 0 radical (unpaired) electrons. The number of carbonyl (C=O) groups is 1. The third kappa shape index (κ3) is 3.85. The van der Waals surface area contributed by atoms with Crippen molar-refractivity contribution in [1.29, 1.82) is 0 Å². The van der Waals surface area contributed by atoms with E-state index in [4.69, 9.17) is 5.11 Å². The van der Waals surface area contributed by atoms with Crippen molar-refractivity contribution >= 4 is 17.7 Å². The molecule has 0 unspecified atom stereocenters. The van der Waals surface area contributed by atoms with Crippen molar-refractivity contribution in [2.24, 2.45) is 0 Å². The van der Waals surface area contributed by atoms with Crippen molar-refractivity contribution in [2.75, 3.05) is 5.75 Å². The minimum Gasteiger partial charge on any atom is -0.481 e. The van der Waals surface area contributed by atoms with E-state index in [1.54, 1.807) is 0 Å². The Hall–Kier alpha value is -1.82. The average molecular weight is 305 g/mol. The Balaban J connectivity index is 2.27. The quantitative estimate of drug-likeness (QED) is 0.831. The summed E-state index contributed by atoms with van der Waals surface area (Å²) in [5.41, 5.74) is 2.43. The average Bonchev–Trinajstić information content (AvgIpc) is 2.82. The van der Waals surface area contributed by atoms with Crippen molar-refractivity contribution in [1.82, 2.24) is 14.8 Å². The minimum absolute atomic E-state index is 0.00474. The number of hydrogen-bond donors (Lipinski definition) is 1. The molecular weight excluding hydrogens is 286 g/mol. The SMILES string of the molecule is Cc1ccccc1Cc1nnc(SCC(=O)O)n1C(C)C. The summed E-state index contributed by atoms with van der Waals surface area (Å²) in [5.74, 6) is 0.0147. The lowest BCUT2D eigenvalue weighted by Crippen LogP contribution is -2.10. The monoisotopic (exact) mass is 305 g/mol. The smallest absolute Gasteiger partial charge is 0.313 e. The molecule has 6 heteroatoms. The zero-order chi connectivity index (χ0) is 15.4. The van der Waals surface area contributed by atoms with E-state index in [9.17, 15) is 4.79 Å². The van der Waals surface area contributed by atoms with E-state index in [1.165, 1.54) is 22.9 Å². The molecule has 5 nitrogen and oxygen atoms in total. The Kier molecular flexibility index (Phi) is 5.01. The lowest BCUT2D eigenvalue weighted by atomic mass is 10.1. The lowest BCUT2D eigenvalue weighted by Gasteiger charge is -2.14. The second-order valence-electron chi connectivity index (χ2n) is 5.15. The highest BCUT2D eigenvalue weighted by Crippen LogP contribution is 2.23. The van der Waals surface area contributed by atoms with E-state index in [0.717, 1.165) is 5.82 Å². The van der Waals surface area contributed by atoms with Crippen LogP contribution in [0.15, 0.2) is 29.4 Å². The molecule has 0 fully saturated rings. The summed E-state index contributed by atoms with van der Waals surface area (Å²) in [6.07, 6.45) is 0.700. The van der Waals surface area contributed by atoms with Crippen LogP contribution in [-0.2, 0) is 11.2 Å². The number of aryl methyl sites for hydroxylation is 1. The third-order valence-corrected chi connectivity index (χ3v) is 4.11. The molecule has 1 aromatic carbocycles. The number of benzene rings is 1. The molecule has 0 spiro atoms. The first-order chi connectivity index (χ1) is 9.99. The van der Waals surface area contributed by atoms with Gasteiger partial charge in [0.05, 0.1) is 5.75 Å². The molecule has 0 aliphatic rings. The van der Waals surface area contributed by atoms with Crippen LogP contribution >= 0.6 is 11.8 Å². The molecule has 2 aromatic rings. The normalized spacial score (nSPS) is 11.0. The van der Waals surface area contributed by atoms with Gasteiger partial charge in [-0.2, -0.15) is 0 Å². The fraction of sp³-hybridized carbons (Fsp3) is 0.400. The van der Waals surface area contributed by atoms with E-state index in [2.05, 4.69) is 43.1 Å². The first-order valence-electron chi connectivity index (χ1n) is 6.82. The third-order valence-electron chi connectivity index (χ3n) is 3.19. The first kappa shape index (κ1) is 15.6. The van der Waals surface area contributed by atoms with Crippen molar-refractivity contribution in [3.8, 4) is 0 Å². The zero-order valence-corrected chi connectivity index (χ0v) is 13.2. The topological polar surface area (TPSA) is 68.0 Å². The Morgan fingerprint density at radius 3 is 2.67 bits per heavy atom. The number of nitrogens with zero attached hydrogens (tertiary/aromatic N) is 3. The summed E-state index contributed by atoms with van der Waals surface area (Å²) in [6.45, 7) is 6.18. The van der Waals surface area contributed by atoms with Crippen LogP contribution in [0.3, 0.4) is 0 Å². The van der Waals surface area contributed by atoms with Gasteiger partial charge < -0.3 is 9.67 Å². The second-order valence-corrected chi connectivity index (χ2v) is 6.09. The Bertz CT molecular complexity index is 638. The van der Waals surface area contributed by atoms with E-state index in [0.29, 0.717) is 11.6 Å². The largest absolute Gasteiger partial charge is 0.481 e. The molecule has 0 amide bonds. The summed E-state index contributed by atoms with van der Waals surface area (Å²) in [7, 11) is 0. The van der Waals surface area contributed by atoms with E-state index in [1.807, 2.05) is 16.7 Å². The highest BCUT2D eigenvalue weighted by atomic mass is 32.2. The Labute approximate surface area is 128 Å². The molecule has 21 heavy (non-hydrogen) atoms. The van der Waals surface area contributed by atoms with Crippen LogP contribution in [0.2, 0.25) is 0 Å². The van der Waals surface area contributed by atoms with Gasteiger partial charge in [0.25, 0.3) is 0 Å². The number of carboxylic acid groups (broad SMARTS) is 1. The van der Waals surface area contributed by atoms with E-state index in [-0.39, 0.29) is 11.8 Å². The molecule has 0 atom stereocenters. The highest BCUT2D eigenvalue weighted by Gasteiger charge is 2.17. The van der Waals surface area contributed by atoms with Crippen LogP contribution in [0, 0.1) is 6.92 Å². The van der Waals surface area contributed by atoms with Crippen molar-refractivity contribution in [3.63, 3.8) is 0 Å². The van der Waals surface area contributed by atoms with Crippen molar-refractivity contribution in [3.05, 3.63) is 41.2 Å². The number of hydrogen-bond acceptors (Lipinski definition) is 4. The van der Waals surface area contributed by atoms with Gasteiger partial charge in [-0.1, -0.05) is 36.0 Å². The van der Waals surface area contributed by atoms with Gasteiger partial charge in [-0.25, -0.2) is 0 Å². The lowest BCUT2D eigenvalue weighted by molar-refractivity contribution is -0.133. The maximum Gasteiger partial charge on any atom is 0.313 e. The Morgan fingerprint density at radius 1 is 1.33 bits per heavy atom. The maximum absolute atomic E-state index is 10.7. The minimum atomic E-state index is -0.848. The summed E-state index contributed by atoms with van der Waals surface area (Å²) in [5, 5.41) is 17.9. The Morgan fingerprint density at radius 2 is 2.05 bits per heavy atom. The number of thioether (sulfide) groups is 1. The molecule has 0 saturated carbocycles. The van der Waals surface area contributed by atoms with Crippen LogP contribution < -0.4 is 0 Å². The summed E-state index contributed by atoms with van der Waals surface area (Å²) >= 11 is 1.21. The molecule has 1 N–H and O–H groups in total. The van der Waals surface area contributed by atoms with Gasteiger partial charge in [0.2, 0.25) is 0 Å². The van der Waals surface area contributed by atoms with Crippen LogP contribution in [0.25, 0.3) is 0 Å². The molecule has 0 aliphatic carbocycles. The van der Waals surface area contributed by atoms with E-state index < -0.39 is 5.97 Å². The van der Waals surface area contributed by atoms with Gasteiger partial charge in [-0.3, -0.25) is 4.79 Å². The van der Waals surface area contributed by atoms with Gasteiger partial charge in [-0.05, 0) is 31.9 Å². The molecule has 0 saturated heterocycles. The molecule has 1 heterocycles. The summed E-state index contributed by atoms with van der Waals surface area (Å²) < 4.78 is 2.01. The summed E-state index contributed by atoms with van der Waals surface area (Å²) in [6, 6.07) is 8.37. The highest BCUT2D eigenvalue weighted by molar-refractivity contribution is 7.99. The van der Waals surface area contributed by atoms with Gasteiger partial charge in [0.15, 0.2) is 5.16 Å². The molecule has 2 rings (SSSR count).